The minimum absolute atomic E-state index is 0.0204. The van der Waals surface area contributed by atoms with Gasteiger partial charge in [0.1, 0.15) is 23.4 Å². The average Bonchev–Trinajstić information content (AvgIpc) is 3.33. The second-order valence-electron chi connectivity index (χ2n) is 7.00. The summed E-state index contributed by atoms with van der Waals surface area (Å²) in [4.78, 5) is 24.8. The molecular formula is C21H18ClFN6O2. The third-order valence-corrected chi connectivity index (χ3v) is 4.99. The number of carbonyl (C=O) groups is 2. The van der Waals surface area contributed by atoms with E-state index < -0.39 is 23.7 Å². The van der Waals surface area contributed by atoms with Crippen LogP contribution in [-0.2, 0) is 9.59 Å². The lowest BCUT2D eigenvalue weighted by atomic mass is 10.1. The third-order valence-electron chi connectivity index (χ3n) is 4.74. The van der Waals surface area contributed by atoms with Crippen LogP contribution >= 0.6 is 11.6 Å². The van der Waals surface area contributed by atoms with E-state index in [0.29, 0.717) is 27.9 Å². The van der Waals surface area contributed by atoms with E-state index in [2.05, 4.69) is 15.5 Å². The Labute approximate surface area is 182 Å². The molecule has 31 heavy (non-hydrogen) atoms. The smallest absolute Gasteiger partial charge is 0.273 e. The van der Waals surface area contributed by atoms with Crippen LogP contribution in [-0.4, -0.2) is 33.3 Å². The highest BCUT2D eigenvalue weighted by Gasteiger charge is 2.35. The SMILES string of the molecule is Cc1cc(NC(=O)C2=NN(c3ccc(F)cc3)C(C(N)=O)C2)n(-c2ccc(Cl)cc2)n1. The van der Waals surface area contributed by atoms with Gasteiger partial charge in [-0.05, 0) is 55.5 Å². The fourth-order valence-electron chi connectivity index (χ4n) is 3.26. The Morgan fingerprint density at radius 2 is 1.77 bits per heavy atom. The number of hydrogen-bond donors (Lipinski definition) is 2. The molecule has 1 unspecified atom stereocenters. The van der Waals surface area contributed by atoms with Crippen molar-refractivity contribution in [2.75, 3.05) is 10.3 Å². The molecule has 4 rings (SSSR count). The molecule has 0 radical (unpaired) electrons. The number of nitrogens with one attached hydrogen (secondary N) is 1. The van der Waals surface area contributed by atoms with E-state index in [1.807, 2.05) is 0 Å². The molecule has 2 aromatic carbocycles. The summed E-state index contributed by atoms with van der Waals surface area (Å²) in [6, 6.07) is 13.3. The lowest BCUT2D eigenvalue weighted by molar-refractivity contribution is -0.119. The fraction of sp³-hybridized carbons (Fsp3) is 0.143. The van der Waals surface area contributed by atoms with Crippen molar-refractivity contribution >= 4 is 40.6 Å². The number of benzene rings is 2. The molecule has 3 N–H and O–H groups in total. The number of anilines is 2. The van der Waals surface area contributed by atoms with Gasteiger partial charge in [-0.2, -0.15) is 10.2 Å². The molecule has 1 atom stereocenters. The van der Waals surface area contributed by atoms with E-state index in [4.69, 9.17) is 17.3 Å². The van der Waals surface area contributed by atoms with Crippen LogP contribution in [0.1, 0.15) is 12.1 Å². The molecule has 3 aromatic rings. The lowest BCUT2D eigenvalue weighted by Crippen LogP contribution is -2.39. The Bertz CT molecular complexity index is 1170. The topological polar surface area (TPSA) is 106 Å². The minimum atomic E-state index is -0.853. The minimum Gasteiger partial charge on any atom is -0.368 e. The zero-order valence-corrected chi connectivity index (χ0v) is 17.2. The molecule has 158 valence electrons. The summed E-state index contributed by atoms with van der Waals surface area (Å²) in [5, 5.41) is 13.4. The van der Waals surface area contributed by atoms with Crippen molar-refractivity contribution in [1.29, 1.82) is 0 Å². The molecule has 0 saturated carbocycles. The molecule has 0 bridgehead atoms. The Kier molecular flexibility index (Phi) is 5.43. The van der Waals surface area contributed by atoms with Gasteiger partial charge in [0.15, 0.2) is 0 Å². The number of aromatic nitrogens is 2. The highest BCUT2D eigenvalue weighted by molar-refractivity contribution is 6.44. The number of hydrazone groups is 1. The second kappa shape index (κ2) is 8.19. The van der Waals surface area contributed by atoms with Crippen LogP contribution < -0.4 is 16.1 Å². The van der Waals surface area contributed by atoms with E-state index in [9.17, 15) is 14.0 Å². The predicted octanol–water partition coefficient (Wildman–Crippen LogP) is 3.03. The number of primary amides is 1. The van der Waals surface area contributed by atoms with E-state index in [-0.39, 0.29) is 12.1 Å². The lowest BCUT2D eigenvalue weighted by Gasteiger charge is -2.20. The maximum Gasteiger partial charge on any atom is 0.273 e. The highest BCUT2D eigenvalue weighted by Crippen LogP contribution is 2.26. The monoisotopic (exact) mass is 440 g/mol. The van der Waals surface area contributed by atoms with Gasteiger partial charge in [0, 0.05) is 17.5 Å². The van der Waals surface area contributed by atoms with Gasteiger partial charge in [-0.1, -0.05) is 11.6 Å². The van der Waals surface area contributed by atoms with Crippen LogP contribution in [0.4, 0.5) is 15.9 Å². The maximum atomic E-state index is 13.3. The first-order valence-electron chi connectivity index (χ1n) is 9.37. The van der Waals surface area contributed by atoms with Crippen molar-refractivity contribution in [1.82, 2.24) is 9.78 Å². The Morgan fingerprint density at radius 1 is 1.13 bits per heavy atom. The maximum absolute atomic E-state index is 13.3. The first-order chi connectivity index (χ1) is 14.8. The molecular weight excluding hydrogens is 423 g/mol. The summed E-state index contributed by atoms with van der Waals surface area (Å²) in [6.45, 7) is 1.80. The van der Waals surface area contributed by atoms with Gasteiger partial charge in [0.05, 0.1) is 17.1 Å². The zero-order chi connectivity index (χ0) is 22.1. The Balaban J connectivity index is 1.60. The number of carbonyl (C=O) groups excluding carboxylic acids is 2. The first-order valence-corrected chi connectivity index (χ1v) is 9.75. The van der Waals surface area contributed by atoms with E-state index in [0.717, 1.165) is 0 Å². The molecule has 0 fully saturated rings. The number of halogens is 2. The van der Waals surface area contributed by atoms with Crippen molar-refractivity contribution in [3.05, 3.63) is 71.1 Å². The average molecular weight is 441 g/mol. The fourth-order valence-corrected chi connectivity index (χ4v) is 3.38. The molecule has 0 spiro atoms. The summed E-state index contributed by atoms with van der Waals surface area (Å²) in [6.07, 6.45) is 0.0204. The van der Waals surface area contributed by atoms with Crippen molar-refractivity contribution < 1.29 is 14.0 Å². The normalized spacial score (nSPS) is 15.6. The largest absolute Gasteiger partial charge is 0.368 e. The Hall–Kier alpha value is -3.72. The van der Waals surface area contributed by atoms with Crippen molar-refractivity contribution in [2.45, 2.75) is 19.4 Å². The Morgan fingerprint density at radius 3 is 2.42 bits per heavy atom. The summed E-state index contributed by atoms with van der Waals surface area (Å²) in [5.41, 5.74) is 7.48. The van der Waals surface area contributed by atoms with E-state index in [1.54, 1.807) is 41.9 Å². The van der Waals surface area contributed by atoms with Crippen LogP contribution in [0.5, 0.6) is 0 Å². The summed E-state index contributed by atoms with van der Waals surface area (Å²) >= 11 is 5.95. The van der Waals surface area contributed by atoms with Gasteiger partial charge >= 0.3 is 0 Å². The first kappa shape index (κ1) is 20.5. The molecule has 1 aromatic heterocycles. The molecule has 0 aliphatic carbocycles. The summed E-state index contributed by atoms with van der Waals surface area (Å²) in [7, 11) is 0. The molecule has 2 heterocycles. The third kappa shape index (κ3) is 4.26. The second-order valence-corrected chi connectivity index (χ2v) is 7.44. The van der Waals surface area contributed by atoms with Crippen molar-refractivity contribution in [2.24, 2.45) is 10.8 Å². The van der Waals surface area contributed by atoms with Crippen LogP contribution in [0.3, 0.4) is 0 Å². The molecule has 8 nitrogen and oxygen atoms in total. The van der Waals surface area contributed by atoms with Crippen molar-refractivity contribution in [3.63, 3.8) is 0 Å². The quantitative estimate of drug-likeness (QED) is 0.636. The number of nitrogens with zero attached hydrogens (tertiary/aromatic N) is 4. The van der Waals surface area contributed by atoms with E-state index in [1.165, 1.54) is 29.3 Å². The van der Waals surface area contributed by atoms with Crippen molar-refractivity contribution in [3.8, 4) is 5.69 Å². The van der Waals surface area contributed by atoms with Gasteiger partial charge < -0.3 is 11.1 Å². The molecule has 10 heteroatoms. The molecule has 0 saturated heterocycles. The number of hydrogen-bond acceptors (Lipinski definition) is 5. The van der Waals surface area contributed by atoms with Gasteiger partial charge in [-0.15, -0.1) is 0 Å². The summed E-state index contributed by atoms with van der Waals surface area (Å²) in [5.74, 6) is -1.13. The van der Waals surface area contributed by atoms with Gasteiger partial charge in [0.25, 0.3) is 5.91 Å². The molecule has 1 aliphatic rings. The van der Waals surface area contributed by atoms with Gasteiger partial charge in [0.2, 0.25) is 5.91 Å². The van der Waals surface area contributed by atoms with Crippen LogP contribution in [0, 0.1) is 12.7 Å². The molecule has 2 amide bonds. The van der Waals surface area contributed by atoms with Gasteiger partial charge in [-0.3, -0.25) is 14.6 Å². The van der Waals surface area contributed by atoms with Crippen LogP contribution in [0.2, 0.25) is 5.02 Å². The number of aryl methyl sites for hydroxylation is 1. The number of rotatable bonds is 5. The van der Waals surface area contributed by atoms with Gasteiger partial charge in [-0.25, -0.2) is 9.07 Å². The molecule has 1 aliphatic heterocycles. The zero-order valence-electron chi connectivity index (χ0n) is 16.4. The summed E-state index contributed by atoms with van der Waals surface area (Å²) < 4.78 is 14.8. The number of amides is 2. The standard InChI is InChI=1S/C21H18ClFN6O2/c1-12-10-19(29(26-12)16-6-2-13(22)3-7-16)25-21(31)17-11-18(20(24)30)28(27-17)15-8-4-14(23)5-9-15/h2-10,18H,11H2,1H3,(H2,24,30)(H,25,31). The predicted molar refractivity (Wildman–Crippen MR) is 116 cm³/mol. The number of nitrogens with two attached hydrogens (primary N) is 1. The van der Waals surface area contributed by atoms with Crippen LogP contribution in [0.15, 0.2) is 59.7 Å². The van der Waals surface area contributed by atoms with Crippen LogP contribution in [0.25, 0.3) is 5.69 Å². The van der Waals surface area contributed by atoms with E-state index >= 15 is 0 Å². The highest BCUT2D eigenvalue weighted by atomic mass is 35.5.